The van der Waals surface area contributed by atoms with E-state index in [1.54, 1.807) is 32.8 Å². The summed E-state index contributed by atoms with van der Waals surface area (Å²) in [6.07, 6.45) is -2.01. The lowest BCUT2D eigenvalue weighted by molar-refractivity contribution is -0.210. The van der Waals surface area contributed by atoms with E-state index in [0.29, 0.717) is 22.7 Å². The molecule has 3 aromatic heterocycles. The first-order valence-electron chi connectivity index (χ1n) is 9.31. The number of aromatic nitrogens is 7. The van der Waals surface area contributed by atoms with Gasteiger partial charge in [0.05, 0.1) is 19.1 Å². The number of fused-ring (bicyclic) bond motifs is 1. The Bertz CT molecular complexity index is 1060. The van der Waals surface area contributed by atoms with E-state index < -0.39 is 30.1 Å². The zero-order valence-electron chi connectivity index (χ0n) is 16.9. The van der Waals surface area contributed by atoms with Gasteiger partial charge in [-0.3, -0.25) is 4.57 Å². The van der Waals surface area contributed by atoms with E-state index in [1.807, 2.05) is 0 Å². The lowest BCUT2D eigenvalue weighted by atomic mass is 10.0. The Hall–Kier alpha value is -2.71. The van der Waals surface area contributed by atoms with Gasteiger partial charge in [-0.15, -0.1) is 5.10 Å². The van der Waals surface area contributed by atoms with E-state index in [1.165, 1.54) is 21.8 Å². The summed E-state index contributed by atoms with van der Waals surface area (Å²) >= 11 is 0. The predicted octanol–water partition coefficient (Wildman–Crippen LogP) is -1.69. The minimum atomic E-state index is -1.39. The summed E-state index contributed by atoms with van der Waals surface area (Å²) in [7, 11) is 3.58. The van der Waals surface area contributed by atoms with Crippen molar-refractivity contribution in [3.8, 4) is 5.95 Å². The lowest BCUT2D eigenvalue weighted by Gasteiger charge is -2.35. The molecule has 0 aliphatic carbocycles. The molecule has 1 saturated heterocycles. The average molecular weight is 420 g/mol. The Morgan fingerprint density at radius 3 is 2.53 bits per heavy atom. The van der Waals surface area contributed by atoms with E-state index in [4.69, 9.17) is 4.74 Å². The number of rotatable bonds is 4. The number of hydrogen-bond donors (Lipinski definition) is 4. The van der Waals surface area contributed by atoms with Gasteiger partial charge in [0.2, 0.25) is 0 Å². The number of anilines is 1. The summed E-state index contributed by atoms with van der Waals surface area (Å²) in [6.45, 7) is 3.03. The van der Waals surface area contributed by atoms with Crippen molar-refractivity contribution in [1.82, 2.24) is 34.5 Å². The highest BCUT2D eigenvalue weighted by Crippen LogP contribution is 2.30. The van der Waals surface area contributed by atoms with Crippen LogP contribution in [0.25, 0.3) is 17.1 Å². The molecule has 13 heteroatoms. The van der Waals surface area contributed by atoms with Crippen LogP contribution in [0.5, 0.6) is 0 Å². The standard InChI is InChI=1S/C17H24N8O5/c1-17(2,29)9-5-25(22-21-9)16-19-13(23(3)4)10-14(20-16)24(7-18-10)15-12(28)11(27)8(26)6-30-15/h5,7-8,11-12,15,26-29H,6H2,1-4H3/t8-,11-,12+,15+/m1/s1. The van der Waals surface area contributed by atoms with E-state index in [0.717, 1.165) is 0 Å². The van der Waals surface area contributed by atoms with Gasteiger partial charge in [-0.2, -0.15) is 14.6 Å². The Morgan fingerprint density at radius 2 is 1.90 bits per heavy atom. The Morgan fingerprint density at radius 1 is 1.17 bits per heavy atom. The summed E-state index contributed by atoms with van der Waals surface area (Å²) in [6, 6.07) is 0. The van der Waals surface area contributed by atoms with Crippen LogP contribution in [0.4, 0.5) is 5.82 Å². The van der Waals surface area contributed by atoms with Crippen molar-refractivity contribution in [2.24, 2.45) is 0 Å². The highest BCUT2D eigenvalue weighted by molar-refractivity contribution is 5.84. The first-order valence-corrected chi connectivity index (χ1v) is 9.31. The van der Waals surface area contributed by atoms with Crippen LogP contribution in [0.3, 0.4) is 0 Å². The van der Waals surface area contributed by atoms with Crippen molar-refractivity contribution in [3.63, 3.8) is 0 Å². The fraction of sp³-hybridized carbons (Fsp3) is 0.588. The van der Waals surface area contributed by atoms with Gasteiger partial charge in [0.15, 0.2) is 23.2 Å². The molecule has 1 fully saturated rings. The van der Waals surface area contributed by atoms with Crippen molar-refractivity contribution in [1.29, 1.82) is 0 Å². The minimum absolute atomic E-state index is 0.154. The molecule has 1 aliphatic heterocycles. The number of aliphatic hydroxyl groups excluding tert-OH is 3. The molecule has 0 spiro atoms. The Kier molecular flexibility index (Phi) is 4.94. The van der Waals surface area contributed by atoms with Gasteiger partial charge in [0.25, 0.3) is 5.95 Å². The number of aliphatic hydroxyl groups is 4. The Balaban J connectivity index is 1.84. The molecule has 3 aromatic rings. The van der Waals surface area contributed by atoms with Gasteiger partial charge in [-0.1, -0.05) is 5.21 Å². The van der Waals surface area contributed by atoms with Crippen LogP contribution in [0, 0.1) is 0 Å². The number of imidazole rings is 1. The van der Waals surface area contributed by atoms with Crippen molar-refractivity contribution < 1.29 is 25.2 Å². The van der Waals surface area contributed by atoms with E-state index in [9.17, 15) is 20.4 Å². The monoisotopic (exact) mass is 420 g/mol. The molecular formula is C17H24N8O5. The van der Waals surface area contributed by atoms with Gasteiger partial charge >= 0.3 is 0 Å². The summed E-state index contributed by atoms with van der Waals surface area (Å²) in [5.74, 6) is 0.654. The zero-order valence-corrected chi connectivity index (χ0v) is 16.9. The second-order valence-electron chi connectivity index (χ2n) is 7.95. The smallest absolute Gasteiger partial charge is 0.256 e. The summed E-state index contributed by atoms with van der Waals surface area (Å²) in [5, 5.41) is 48.3. The molecular weight excluding hydrogens is 396 g/mol. The highest BCUT2D eigenvalue weighted by atomic mass is 16.5. The first kappa shape index (κ1) is 20.6. The third kappa shape index (κ3) is 3.40. The predicted molar refractivity (Wildman–Crippen MR) is 103 cm³/mol. The molecule has 0 bridgehead atoms. The minimum Gasteiger partial charge on any atom is -0.388 e. The maximum atomic E-state index is 10.4. The molecule has 1 aliphatic rings. The van der Waals surface area contributed by atoms with Gasteiger partial charge in [-0.25, -0.2) is 4.98 Å². The molecule has 13 nitrogen and oxygen atoms in total. The SMILES string of the molecule is CN(C)c1nc(-n2cc(C(C)(C)O)nn2)nc2c1ncn2[C@H]1OC[C@@H](O)[C@@H](O)[C@@H]1O. The third-order valence-corrected chi connectivity index (χ3v) is 4.89. The largest absolute Gasteiger partial charge is 0.388 e. The molecule has 4 N–H and O–H groups in total. The molecule has 4 heterocycles. The fourth-order valence-electron chi connectivity index (χ4n) is 3.17. The molecule has 0 saturated carbocycles. The van der Waals surface area contributed by atoms with Crippen LogP contribution in [0.2, 0.25) is 0 Å². The topological polar surface area (TPSA) is 168 Å². The molecule has 0 aromatic carbocycles. The Labute approximate surface area is 171 Å². The number of hydrogen-bond acceptors (Lipinski definition) is 11. The summed E-state index contributed by atoms with van der Waals surface area (Å²) in [4.78, 5) is 15.1. The van der Waals surface area contributed by atoms with Gasteiger partial charge in [0.1, 0.15) is 29.6 Å². The van der Waals surface area contributed by atoms with Gasteiger partial charge < -0.3 is 30.1 Å². The summed E-state index contributed by atoms with van der Waals surface area (Å²) in [5.41, 5.74) is -0.0696. The zero-order chi connectivity index (χ0) is 21.8. The summed E-state index contributed by atoms with van der Waals surface area (Å²) < 4.78 is 8.34. The van der Waals surface area contributed by atoms with Crippen LogP contribution >= 0.6 is 0 Å². The van der Waals surface area contributed by atoms with E-state index in [-0.39, 0.29) is 12.6 Å². The van der Waals surface area contributed by atoms with Crippen LogP contribution in [-0.2, 0) is 10.3 Å². The lowest BCUT2D eigenvalue weighted by Crippen LogP contribution is -2.50. The molecule has 4 atom stereocenters. The van der Waals surface area contributed by atoms with Crippen molar-refractivity contribution >= 4 is 17.0 Å². The quantitative estimate of drug-likeness (QED) is 0.380. The van der Waals surface area contributed by atoms with Gasteiger partial charge in [0, 0.05) is 14.1 Å². The van der Waals surface area contributed by atoms with Crippen LogP contribution in [0.1, 0.15) is 25.8 Å². The highest BCUT2D eigenvalue weighted by Gasteiger charge is 2.39. The first-order chi connectivity index (χ1) is 14.1. The van der Waals surface area contributed by atoms with Gasteiger partial charge in [-0.05, 0) is 13.8 Å². The second kappa shape index (κ2) is 7.21. The van der Waals surface area contributed by atoms with Crippen LogP contribution in [0.15, 0.2) is 12.5 Å². The number of ether oxygens (including phenoxy) is 1. The van der Waals surface area contributed by atoms with Crippen molar-refractivity contribution in [3.05, 3.63) is 18.2 Å². The molecule has 162 valence electrons. The maximum Gasteiger partial charge on any atom is 0.256 e. The van der Waals surface area contributed by atoms with Crippen molar-refractivity contribution in [2.75, 3.05) is 25.6 Å². The number of nitrogens with zero attached hydrogens (tertiary/aromatic N) is 8. The molecule has 30 heavy (non-hydrogen) atoms. The normalized spacial score (nSPS) is 25.1. The van der Waals surface area contributed by atoms with Crippen LogP contribution < -0.4 is 4.90 Å². The van der Waals surface area contributed by atoms with Crippen LogP contribution in [-0.4, -0.2) is 94.0 Å². The molecule has 4 rings (SSSR count). The average Bonchev–Trinajstić information content (AvgIpc) is 3.32. The van der Waals surface area contributed by atoms with E-state index in [2.05, 4.69) is 25.3 Å². The molecule has 0 unspecified atom stereocenters. The van der Waals surface area contributed by atoms with Crippen molar-refractivity contribution in [2.45, 2.75) is 44.0 Å². The maximum absolute atomic E-state index is 10.4. The second-order valence-corrected chi connectivity index (χ2v) is 7.95. The van der Waals surface area contributed by atoms with E-state index >= 15 is 0 Å². The fourth-order valence-corrected chi connectivity index (χ4v) is 3.17. The third-order valence-electron chi connectivity index (χ3n) is 4.89. The molecule has 0 amide bonds. The molecule has 0 radical (unpaired) electrons.